The first-order valence-corrected chi connectivity index (χ1v) is 20.6. The van der Waals surface area contributed by atoms with Crippen molar-refractivity contribution in [1.82, 2.24) is 10.3 Å². The third kappa shape index (κ3) is 7.70. The molecule has 4 unspecified atom stereocenters. The summed E-state index contributed by atoms with van der Waals surface area (Å²) in [6.45, 7) is 0. The van der Waals surface area contributed by atoms with E-state index in [0.717, 1.165) is 61.9 Å². The minimum absolute atomic E-state index is 0.281. The van der Waals surface area contributed by atoms with E-state index in [9.17, 15) is 19.2 Å². The van der Waals surface area contributed by atoms with Crippen molar-refractivity contribution in [1.29, 1.82) is 0 Å². The van der Waals surface area contributed by atoms with E-state index in [-0.39, 0.29) is 17.9 Å². The van der Waals surface area contributed by atoms with Crippen LogP contribution in [0.1, 0.15) is 86.9 Å². The molecule has 0 fully saturated rings. The Morgan fingerprint density at radius 1 is 0.516 bits per heavy atom. The Balaban J connectivity index is 1.26. The highest BCUT2D eigenvalue weighted by atomic mass is 16.5. The summed E-state index contributed by atoms with van der Waals surface area (Å²) in [6.07, 6.45) is 12.3. The first-order chi connectivity index (χ1) is 31.2. The van der Waals surface area contributed by atoms with E-state index >= 15 is 0 Å². The lowest BCUT2D eigenvalue weighted by atomic mass is 9.87. The Kier molecular flexibility index (Phi) is 11.2. The lowest BCUT2D eigenvalue weighted by Gasteiger charge is -2.25. The number of carbonyl (C=O) groups is 4. The fraction of sp³-hybridized carbons (Fsp3) is 0.154. The first kappa shape index (κ1) is 41.2. The van der Waals surface area contributed by atoms with Gasteiger partial charge in [0.1, 0.15) is 0 Å². The Hall–Kier alpha value is -8.12. The summed E-state index contributed by atoms with van der Waals surface area (Å²) >= 11 is 0. The molecule has 0 amide bonds. The van der Waals surface area contributed by atoms with Gasteiger partial charge in [0.15, 0.2) is 0 Å². The quantitative estimate of drug-likeness (QED) is 0.116. The van der Waals surface area contributed by atoms with Gasteiger partial charge in [0.2, 0.25) is 0 Å². The van der Waals surface area contributed by atoms with Crippen molar-refractivity contribution in [3.8, 4) is 0 Å². The molecule has 5 heterocycles. The van der Waals surface area contributed by atoms with Crippen LogP contribution in [-0.2, 0) is 18.9 Å². The highest BCUT2D eigenvalue weighted by molar-refractivity contribution is 6.31. The van der Waals surface area contributed by atoms with Crippen LogP contribution in [0.5, 0.6) is 0 Å². The SMILES string of the molecule is COC(=O)c1ccc(C2=C3C=CC(=N3)C(c3ccc(C(=O)OC)cc3)C3C=CC(=N3)/C(c3ccc(C(=O)OC)cc3)=C3/C=CC(N3)C(c3ccc(C(=O)OC)cc3)c3ccc2[nH]3)cc1. The average Bonchev–Trinajstić information content (AvgIpc) is 4.20. The van der Waals surface area contributed by atoms with Crippen LogP contribution < -0.4 is 5.32 Å². The van der Waals surface area contributed by atoms with Gasteiger partial charge < -0.3 is 29.2 Å². The molecule has 4 aromatic carbocycles. The number of carbonyl (C=O) groups excluding carboxylic acids is 4. The number of aromatic amines is 1. The fourth-order valence-electron chi connectivity index (χ4n) is 8.70. The number of hydrogen-bond acceptors (Lipinski definition) is 11. The maximum absolute atomic E-state index is 12.5. The zero-order chi connectivity index (χ0) is 44.5. The topological polar surface area (TPSA) is 158 Å². The molecule has 12 nitrogen and oxygen atoms in total. The normalized spacial score (nSPS) is 20.6. The van der Waals surface area contributed by atoms with E-state index in [1.54, 1.807) is 48.5 Å². The number of aliphatic imine (C=N–C) groups is 2. The lowest BCUT2D eigenvalue weighted by molar-refractivity contribution is 0.0592. The molecule has 9 rings (SSSR count). The standard InChI is InChI=1S/C52H42N4O8/c1-61-49(57)33-13-5-29(6-14-33)45-37-21-23-39(53-37)46(30-7-15-34(16-8-30)50(58)62-2)41-25-27-43(55-41)48(32-11-19-36(20-12-32)52(60)64-4)44-28-26-42(56-44)47(40-24-22-38(45)54-40)31-9-17-35(18-10-31)51(59)63-3/h5-28,37,43,45,48,53-54H,1-4H3/b46-39-,47-42?. The largest absolute Gasteiger partial charge is 0.465 e. The number of esters is 4. The van der Waals surface area contributed by atoms with Crippen LogP contribution in [-0.4, -0.2) is 80.8 Å². The van der Waals surface area contributed by atoms with Gasteiger partial charge in [-0.2, -0.15) is 0 Å². The minimum atomic E-state index is -0.441. The summed E-state index contributed by atoms with van der Waals surface area (Å²) in [4.78, 5) is 64.5. The molecule has 0 saturated carbocycles. The zero-order valence-corrected chi connectivity index (χ0v) is 35.3. The molecular weight excluding hydrogens is 809 g/mol. The van der Waals surface area contributed by atoms with Crippen molar-refractivity contribution in [2.75, 3.05) is 28.4 Å². The second-order valence-corrected chi connectivity index (χ2v) is 15.5. The zero-order valence-electron chi connectivity index (χ0n) is 35.3. The summed E-state index contributed by atoms with van der Waals surface area (Å²) in [5, 5.41) is 3.82. The number of rotatable bonds is 8. The molecule has 0 aliphatic carbocycles. The van der Waals surface area contributed by atoms with Gasteiger partial charge in [0, 0.05) is 34.1 Å². The maximum Gasteiger partial charge on any atom is 0.337 e. The monoisotopic (exact) mass is 850 g/mol. The predicted octanol–water partition coefficient (Wildman–Crippen LogP) is 8.18. The molecule has 1 aromatic heterocycles. The highest BCUT2D eigenvalue weighted by Gasteiger charge is 2.34. The van der Waals surface area contributed by atoms with Crippen molar-refractivity contribution in [2.24, 2.45) is 9.98 Å². The number of nitrogens with zero attached hydrogens (tertiary/aromatic N) is 2. The smallest absolute Gasteiger partial charge is 0.337 e. The number of allylic oxidation sites excluding steroid dienone is 5. The van der Waals surface area contributed by atoms with Gasteiger partial charge in [0.05, 0.1) is 85.8 Å². The second kappa shape index (κ2) is 17.3. The Bertz CT molecular complexity index is 2910. The van der Waals surface area contributed by atoms with Gasteiger partial charge in [-0.25, -0.2) is 19.2 Å². The van der Waals surface area contributed by atoms with Crippen LogP contribution in [0.3, 0.4) is 0 Å². The highest BCUT2D eigenvalue weighted by Crippen LogP contribution is 2.40. The van der Waals surface area contributed by atoms with Crippen molar-refractivity contribution < 1.29 is 38.1 Å². The third-order valence-electron chi connectivity index (χ3n) is 11.9. The Morgan fingerprint density at radius 3 is 1.55 bits per heavy atom. The van der Waals surface area contributed by atoms with E-state index in [0.29, 0.717) is 28.0 Å². The molecule has 8 bridgehead atoms. The van der Waals surface area contributed by atoms with Gasteiger partial charge in [-0.3, -0.25) is 9.98 Å². The van der Waals surface area contributed by atoms with E-state index in [4.69, 9.17) is 28.9 Å². The Labute approximate surface area is 369 Å². The summed E-state index contributed by atoms with van der Waals surface area (Å²) < 4.78 is 20.0. The molecule has 4 aliphatic heterocycles. The van der Waals surface area contributed by atoms with Crippen LogP contribution in [0, 0.1) is 0 Å². The molecule has 4 aliphatic rings. The average molecular weight is 851 g/mol. The third-order valence-corrected chi connectivity index (χ3v) is 11.9. The van der Waals surface area contributed by atoms with E-state index in [1.165, 1.54) is 28.4 Å². The fourth-order valence-corrected chi connectivity index (χ4v) is 8.70. The van der Waals surface area contributed by atoms with Gasteiger partial charge in [-0.05, 0) is 107 Å². The van der Waals surface area contributed by atoms with Crippen molar-refractivity contribution in [3.05, 3.63) is 213 Å². The number of H-pyrrole nitrogens is 1. The van der Waals surface area contributed by atoms with Gasteiger partial charge in [-0.1, -0.05) is 60.7 Å². The van der Waals surface area contributed by atoms with Crippen LogP contribution in [0.15, 0.2) is 167 Å². The maximum atomic E-state index is 12.5. The van der Waals surface area contributed by atoms with Crippen molar-refractivity contribution >= 4 is 46.4 Å². The number of methoxy groups -OCH3 is 4. The molecular formula is C52H42N4O8. The molecule has 0 saturated heterocycles. The van der Waals surface area contributed by atoms with Crippen molar-refractivity contribution in [3.63, 3.8) is 0 Å². The molecule has 5 aromatic rings. The van der Waals surface area contributed by atoms with Crippen LogP contribution in [0.2, 0.25) is 0 Å². The summed E-state index contributed by atoms with van der Waals surface area (Å²) in [7, 11) is 5.42. The van der Waals surface area contributed by atoms with E-state index in [2.05, 4.69) is 34.6 Å². The molecule has 12 heteroatoms. The van der Waals surface area contributed by atoms with Crippen LogP contribution >= 0.6 is 0 Å². The predicted molar refractivity (Wildman–Crippen MR) is 242 cm³/mol. The number of nitrogens with one attached hydrogen (secondary N) is 2. The second-order valence-electron chi connectivity index (χ2n) is 15.5. The number of benzene rings is 4. The molecule has 318 valence electrons. The lowest BCUT2D eigenvalue weighted by Crippen LogP contribution is -2.30. The minimum Gasteiger partial charge on any atom is -0.465 e. The molecule has 2 N–H and O–H groups in total. The van der Waals surface area contributed by atoms with Crippen LogP contribution in [0.25, 0.3) is 11.1 Å². The number of ether oxygens (including phenoxy) is 4. The molecule has 4 atom stereocenters. The first-order valence-electron chi connectivity index (χ1n) is 20.6. The number of hydrogen-bond donors (Lipinski definition) is 2. The Morgan fingerprint density at radius 2 is 1.02 bits per heavy atom. The van der Waals surface area contributed by atoms with Crippen LogP contribution in [0.4, 0.5) is 0 Å². The van der Waals surface area contributed by atoms with Gasteiger partial charge >= 0.3 is 23.9 Å². The van der Waals surface area contributed by atoms with Crippen molar-refractivity contribution in [2.45, 2.75) is 23.9 Å². The van der Waals surface area contributed by atoms with E-state index in [1.807, 2.05) is 72.8 Å². The summed E-state index contributed by atoms with van der Waals surface area (Å²) in [5.41, 5.74) is 11.5. The number of aromatic nitrogens is 1. The summed E-state index contributed by atoms with van der Waals surface area (Å²) in [5.74, 6) is -2.41. The van der Waals surface area contributed by atoms with Gasteiger partial charge in [-0.15, -0.1) is 0 Å². The van der Waals surface area contributed by atoms with Gasteiger partial charge in [0.25, 0.3) is 0 Å². The molecule has 64 heavy (non-hydrogen) atoms. The summed E-state index contributed by atoms with van der Waals surface area (Å²) in [6, 6.07) is 32.6. The van der Waals surface area contributed by atoms with E-state index < -0.39 is 29.9 Å². The molecule has 0 radical (unpaired) electrons. The molecule has 0 spiro atoms. The number of fused-ring (bicyclic) bond motifs is 6.